The molecule has 0 aromatic heterocycles. The minimum Gasteiger partial charge on any atom is -0.356 e. The fourth-order valence-corrected chi connectivity index (χ4v) is 2.08. The van der Waals surface area contributed by atoms with Gasteiger partial charge in [-0.05, 0) is 19.8 Å². The zero-order chi connectivity index (χ0) is 11.3. The van der Waals surface area contributed by atoms with E-state index in [1.807, 2.05) is 13.8 Å². The number of nitrogens with one attached hydrogen (secondary N) is 2. The summed E-state index contributed by atoms with van der Waals surface area (Å²) in [7, 11) is 0. The lowest BCUT2D eigenvalue weighted by molar-refractivity contribution is -0.120. The second-order valence-corrected chi connectivity index (χ2v) is 5.15. The Bertz CT molecular complexity index is 253. The first-order chi connectivity index (χ1) is 7.08. The van der Waals surface area contributed by atoms with E-state index >= 15 is 0 Å². The van der Waals surface area contributed by atoms with Crippen molar-refractivity contribution < 1.29 is 4.79 Å². The second-order valence-electron chi connectivity index (χ2n) is 4.14. The summed E-state index contributed by atoms with van der Waals surface area (Å²) >= 11 is 1.69. The largest absolute Gasteiger partial charge is 0.356 e. The third kappa shape index (κ3) is 5.06. The maximum absolute atomic E-state index is 11.3. The molecular weight excluding hydrogens is 210 g/mol. The number of rotatable bonds is 3. The molecule has 0 fully saturated rings. The lowest BCUT2D eigenvalue weighted by Gasteiger charge is -2.18. The molecule has 0 aliphatic carbocycles. The van der Waals surface area contributed by atoms with Crippen molar-refractivity contribution in [3.8, 4) is 0 Å². The Hall–Kier alpha value is -0.710. The fourth-order valence-electron chi connectivity index (χ4n) is 1.19. The number of hydrogen-bond acceptors (Lipinski definition) is 4. The van der Waals surface area contributed by atoms with Crippen molar-refractivity contribution in [1.29, 1.82) is 0 Å². The number of nitrogens with zero attached hydrogens (tertiary/aromatic N) is 1. The zero-order valence-corrected chi connectivity index (χ0v) is 10.4. The number of aliphatic imine (C=N–C) groups is 1. The van der Waals surface area contributed by atoms with Crippen LogP contribution in [0.15, 0.2) is 4.99 Å². The van der Waals surface area contributed by atoms with Crippen LogP contribution in [-0.4, -0.2) is 36.0 Å². The summed E-state index contributed by atoms with van der Waals surface area (Å²) in [6.45, 7) is 7.26. The van der Waals surface area contributed by atoms with E-state index < -0.39 is 0 Å². The second kappa shape index (κ2) is 6.00. The molecule has 0 saturated heterocycles. The Morgan fingerprint density at radius 1 is 1.67 bits per heavy atom. The molecule has 5 heteroatoms. The van der Waals surface area contributed by atoms with E-state index in [9.17, 15) is 4.79 Å². The van der Waals surface area contributed by atoms with Gasteiger partial charge in [0.05, 0.1) is 6.54 Å². The summed E-state index contributed by atoms with van der Waals surface area (Å²) in [6.07, 6.45) is 0. The third-order valence-electron chi connectivity index (χ3n) is 1.90. The summed E-state index contributed by atoms with van der Waals surface area (Å²) in [5.41, 5.74) is 0. The average molecular weight is 229 g/mol. The molecule has 0 saturated carbocycles. The van der Waals surface area contributed by atoms with Gasteiger partial charge in [0, 0.05) is 18.3 Å². The first-order valence-electron chi connectivity index (χ1n) is 5.28. The quantitative estimate of drug-likeness (QED) is 0.754. The van der Waals surface area contributed by atoms with E-state index in [2.05, 4.69) is 22.5 Å². The van der Waals surface area contributed by atoms with Gasteiger partial charge in [0.2, 0.25) is 5.91 Å². The Morgan fingerprint density at radius 2 is 2.40 bits per heavy atom. The molecule has 2 N–H and O–H groups in total. The Labute approximate surface area is 95.3 Å². The normalized spacial score (nSPS) is 21.1. The average Bonchev–Trinajstić information content (AvgIpc) is 2.16. The van der Waals surface area contributed by atoms with Crippen molar-refractivity contribution in [2.24, 2.45) is 10.9 Å². The van der Waals surface area contributed by atoms with Crippen LogP contribution in [0.4, 0.5) is 0 Å². The molecule has 1 atom stereocenters. The van der Waals surface area contributed by atoms with Gasteiger partial charge in [-0.25, -0.2) is 0 Å². The molecule has 1 aliphatic heterocycles. The van der Waals surface area contributed by atoms with E-state index in [0.717, 1.165) is 17.5 Å². The Balaban J connectivity index is 2.22. The van der Waals surface area contributed by atoms with Crippen molar-refractivity contribution in [1.82, 2.24) is 10.6 Å². The fraction of sp³-hybridized carbons (Fsp3) is 0.800. The van der Waals surface area contributed by atoms with E-state index in [1.165, 1.54) is 0 Å². The maximum atomic E-state index is 11.3. The third-order valence-corrected chi connectivity index (χ3v) is 3.18. The van der Waals surface area contributed by atoms with Crippen LogP contribution in [-0.2, 0) is 4.79 Å². The van der Waals surface area contributed by atoms with Gasteiger partial charge in [0.15, 0.2) is 5.17 Å². The van der Waals surface area contributed by atoms with E-state index in [-0.39, 0.29) is 11.9 Å². The standard InChI is InChI=1S/C10H19N3OS/c1-7(2)13-9(14)5-12-10-11-4-8(3)6-15-10/h7-8H,4-6H2,1-3H3,(H,11,12)(H,13,14). The number of carbonyl (C=O) groups is 1. The van der Waals surface area contributed by atoms with Gasteiger partial charge in [-0.3, -0.25) is 9.79 Å². The van der Waals surface area contributed by atoms with Gasteiger partial charge < -0.3 is 10.6 Å². The van der Waals surface area contributed by atoms with Crippen LogP contribution < -0.4 is 10.6 Å². The summed E-state index contributed by atoms with van der Waals surface area (Å²) < 4.78 is 0. The van der Waals surface area contributed by atoms with Crippen LogP contribution in [0.3, 0.4) is 0 Å². The van der Waals surface area contributed by atoms with E-state index in [4.69, 9.17) is 0 Å². The van der Waals surface area contributed by atoms with Gasteiger partial charge in [-0.1, -0.05) is 18.7 Å². The topological polar surface area (TPSA) is 53.5 Å². The Kier molecular flexibility index (Phi) is 4.94. The highest BCUT2D eigenvalue weighted by molar-refractivity contribution is 8.13. The molecule has 15 heavy (non-hydrogen) atoms. The first-order valence-corrected chi connectivity index (χ1v) is 6.27. The Morgan fingerprint density at radius 3 is 2.93 bits per heavy atom. The van der Waals surface area contributed by atoms with Crippen molar-refractivity contribution in [2.45, 2.75) is 26.8 Å². The lowest BCUT2D eigenvalue weighted by Crippen LogP contribution is -2.39. The van der Waals surface area contributed by atoms with Crippen LogP contribution in [0.25, 0.3) is 0 Å². The van der Waals surface area contributed by atoms with Crippen LogP contribution >= 0.6 is 11.8 Å². The number of amides is 1. The molecule has 0 aromatic rings. The molecule has 0 radical (unpaired) electrons. The van der Waals surface area contributed by atoms with Crippen LogP contribution in [0, 0.1) is 5.92 Å². The zero-order valence-electron chi connectivity index (χ0n) is 9.54. The molecule has 1 aliphatic rings. The van der Waals surface area contributed by atoms with E-state index in [1.54, 1.807) is 11.8 Å². The van der Waals surface area contributed by atoms with Crippen LogP contribution in [0.2, 0.25) is 0 Å². The molecular formula is C10H19N3OS. The summed E-state index contributed by atoms with van der Waals surface area (Å²) in [5, 5.41) is 6.77. The number of amidine groups is 1. The molecule has 0 spiro atoms. The van der Waals surface area contributed by atoms with Gasteiger partial charge in [0.1, 0.15) is 0 Å². The molecule has 1 heterocycles. The number of carbonyl (C=O) groups excluding carboxylic acids is 1. The van der Waals surface area contributed by atoms with Crippen LogP contribution in [0.1, 0.15) is 20.8 Å². The lowest BCUT2D eigenvalue weighted by atomic mass is 10.2. The van der Waals surface area contributed by atoms with Gasteiger partial charge in [-0.15, -0.1) is 0 Å². The smallest absolute Gasteiger partial charge is 0.239 e. The predicted octanol–water partition coefficient (Wildman–Crippen LogP) is 0.839. The molecule has 4 nitrogen and oxygen atoms in total. The summed E-state index contributed by atoms with van der Waals surface area (Å²) in [5.74, 6) is 1.74. The number of hydrogen-bond donors (Lipinski definition) is 2. The molecule has 1 amide bonds. The molecule has 1 unspecified atom stereocenters. The number of thioether (sulfide) groups is 1. The molecule has 0 aromatic carbocycles. The van der Waals surface area contributed by atoms with Gasteiger partial charge in [0.25, 0.3) is 0 Å². The SMILES string of the molecule is CC1CN=C(NCC(=O)NC(C)C)SC1. The minimum absolute atomic E-state index is 0.0203. The molecule has 0 bridgehead atoms. The highest BCUT2D eigenvalue weighted by Gasteiger charge is 2.12. The summed E-state index contributed by atoms with van der Waals surface area (Å²) in [6, 6.07) is 0.195. The van der Waals surface area contributed by atoms with Crippen LogP contribution in [0.5, 0.6) is 0 Å². The van der Waals surface area contributed by atoms with Crippen molar-refractivity contribution >= 4 is 22.8 Å². The molecule has 86 valence electrons. The van der Waals surface area contributed by atoms with Crippen molar-refractivity contribution in [2.75, 3.05) is 18.8 Å². The highest BCUT2D eigenvalue weighted by Crippen LogP contribution is 2.15. The maximum Gasteiger partial charge on any atom is 0.239 e. The molecule has 1 rings (SSSR count). The van der Waals surface area contributed by atoms with Gasteiger partial charge in [-0.2, -0.15) is 0 Å². The predicted molar refractivity (Wildman–Crippen MR) is 65.2 cm³/mol. The monoisotopic (exact) mass is 229 g/mol. The van der Waals surface area contributed by atoms with Gasteiger partial charge >= 0.3 is 0 Å². The van der Waals surface area contributed by atoms with E-state index in [0.29, 0.717) is 12.5 Å². The highest BCUT2D eigenvalue weighted by atomic mass is 32.2. The first kappa shape index (κ1) is 12.4. The minimum atomic E-state index is 0.0203. The van der Waals surface area contributed by atoms with Crippen molar-refractivity contribution in [3.63, 3.8) is 0 Å². The van der Waals surface area contributed by atoms with Crippen molar-refractivity contribution in [3.05, 3.63) is 0 Å². The summed E-state index contributed by atoms with van der Waals surface area (Å²) in [4.78, 5) is 15.7.